The second-order valence-electron chi connectivity index (χ2n) is 3.12. The van der Waals surface area contributed by atoms with E-state index >= 15 is 0 Å². The molecule has 1 heterocycles. The molecule has 0 aliphatic heterocycles. The van der Waals surface area contributed by atoms with Crippen molar-refractivity contribution in [3.8, 4) is 0 Å². The van der Waals surface area contributed by atoms with E-state index in [2.05, 4.69) is 4.98 Å². The molecule has 0 aliphatic rings. The van der Waals surface area contributed by atoms with Crippen molar-refractivity contribution >= 4 is 22.6 Å². The number of hydrogen-bond donors (Lipinski definition) is 1. The van der Waals surface area contributed by atoms with Crippen LogP contribution in [0.4, 0.5) is 13.2 Å². The van der Waals surface area contributed by atoms with Gasteiger partial charge in [-0.1, -0.05) is 0 Å². The normalized spacial score (nSPS) is 13.9. The van der Waals surface area contributed by atoms with Crippen LogP contribution in [0, 0.1) is 10.5 Å². The Kier molecular flexibility index (Phi) is 3.94. The summed E-state index contributed by atoms with van der Waals surface area (Å²) in [7, 11) is 0. The lowest BCUT2D eigenvalue weighted by molar-refractivity contribution is -0.166. The number of rotatable bonds is 2. The van der Waals surface area contributed by atoms with E-state index in [-0.39, 0.29) is 9.39 Å². The van der Waals surface area contributed by atoms with Gasteiger partial charge >= 0.3 is 6.18 Å². The highest BCUT2D eigenvalue weighted by Crippen LogP contribution is 2.29. The van der Waals surface area contributed by atoms with Gasteiger partial charge in [-0.05, 0) is 29.5 Å². The predicted octanol–water partition coefficient (Wildman–Crippen LogP) is 1.22. The summed E-state index contributed by atoms with van der Waals surface area (Å²) in [5.41, 5.74) is 4.35. The molecule has 0 saturated heterocycles. The Hall–Kier alpha value is -0.640. The Morgan fingerprint density at radius 2 is 2.19 bits per heavy atom. The van der Waals surface area contributed by atoms with E-state index in [9.17, 15) is 18.0 Å². The van der Waals surface area contributed by atoms with Crippen LogP contribution < -0.4 is 11.3 Å². The predicted molar refractivity (Wildman–Crippen MR) is 60.1 cm³/mol. The molecule has 2 N–H and O–H groups in total. The monoisotopic (exact) mass is 347 g/mol. The van der Waals surface area contributed by atoms with Crippen LogP contribution in [0.3, 0.4) is 0 Å². The first-order chi connectivity index (χ1) is 7.29. The fourth-order valence-electron chi connectivity index (χ4n) is 1.28. The quantitative estimate of drug-likeness (QED) is 0.819. The van der Waals surface area contributed by atoms with Crippen LogP contribution in [0.2, 0.25) is 0 Å². The maximum Gasteiger partial charge on any atom is 0.410 e. The molecular formula is C8H9F3IN3O. The number of aryl methyl sites for hydroxylation is 1. The van der Waals surface area contributed by atoms with Gasteiger partial charge in [0.2, 0.25) is 0 Å². The molecule has 4 nitrogen and oxygen atoms in total. The number of aromatic nitrogens is 2. The van der Waals surface area contributed by atoms with Crippen LogP contribution in [0.5, 0.6) is 0 Å². The summed E-state index contributed by atoms with van der Waals surface area (Å²) in [4.78, 5) is 15.3. The van der Waals surface area contributed by atoms with E-state index in [0.717, 1.165) is 0 Å². The zero-order valence-electron chi connectivity index (χ0n) is 8.25. The molecule has 0 amide bonds. The van der Waals surface area contributed by atoms with Crippen LogP contribution in [-0.4, -0.2) is 22.3 Å². The fourth-order valence-corrected chi connectivity index (χ4v) is 1.68. The minimum absolute atomic E-state index is 0.00167. The summed E-state index contributed by atoms with van der Waals surface area (Å²) in [6, 6.07) is -2.03. The van der Waals surface area contributed by atoms with Crippen LogP contribution in [-0.2, 0) is 0 Å². The third-order valence-electron chi connectivity index (χ3n) is 2.05. The van der Waals surface area contributed by atoms with Crippen molar-refractivity contribution in [2.24, 2.45) is 5.73 Å². The SMILES string of the molecule is Cc1ncc(I)c(=O)n1C(CN)C(F)(F)F. The number of halogens is 4. The van der Waals surface area contributed by atoms with Gasteiger partial charge in [-0.15, -0.1) is 0 Å². The molecule has 1 aromatic heterocycles. The summed E-state index contributed by atoms with van der Waals surface area (Å²) >= 11 is 1.64. The molecule has 1 aromatic rings. The molecular weight excluding hydrogens is 338 g/mol. The van der Waals surface area contributed by atoms with Gasteiger partial charge in [0.25, 0.3) is 5.56 Å². The van der Waals surface area contributed by atoms with E-state index in [1.54, 1.807) is 22.6 Å². The number of nitrogens with zero attached hydrogens (tertiary/aromatic N) is 2. The van der Waals surface area contributed by atoms with Crippen molar-refractivity contribution in [1.29, 1.82) is 0 Å². The number of alkyl halides is 3. The molecule has 0 bridgehead atoms. The molecule has 0 radical (unpaired) electrons. The minimum Gasteiger partial charge on any atom is -0.328 e. The van der Waals surface area contributed by atoms with Crippen molar-refractivity contribution in [3.05, 3.63) is 25.9 Å². The first-order valence-corrected chi connectivity index (χ1v) is 5.37. The van der Waals surface area contributed by atoms with E-state index in [0.29, 0.717) is 4.57 Å². The van der Waals surface area contributed by atoms with Gasteiger partial charge in [0, 0.05) is 12.7 Å². The van der Waals surface area contributed by atoms with Crippen LogP contribution in [0.15, 0.2) is 11.0 Å². The van der Waals surface area contributed by atoms with Gasteiger partial charge in [0.05, 0.1) is 3.57 Å². The van der Waals surface area contributed by atoms with Gasteiger partial charge in [-0.3, -0.25) is 9.36 Å². The number of hydrogen-bond acceptors (Lipinski definition) is 3. The van der Waals surface area contributed by atoms with Gasteiger partial charge in [0.15, 0.2) is 0 Å². The van der Waals surface area contributed by atoms with E-state index < -0.39 is 24.3 Å². The standard InChI is InChI=1S/C8H9F3IN3O/c1-4-14-3-5(12)7(16)15(4)6(2-13)8(9,10)11/h3,6H,2,13H2,1H3. The van der Waals surface area contributed by atoms with Gasteiger partial charge in [-0.25, -0.2) is 4.98 Å². The molecule has 1 rings (SSSR count). The Bertz CT molecular complexity index is 443. The summed E-state index contributed by atoms with van der Waals surface area (Å²) in [6.07, 6.45) is -3.33. The zero-order chi connectivity index (χ0) is 12.5. The summed E-state index contributed by atoms with van der Waals surface area (Å²) in [6.45, 7) is 0.651. The Balaban J connectivity index is 3.42. The molecule has 90 valence electrons. The Morgan fingerprint density at radius 3 is 2.62 bits per heavy atom. The average Bonchev–Trinajstić information content (AvgIpc) is 2.16. The molecule has 16 heavy (non-hydrogen) atoms. The molecule has 0 spiro atoms. The molecule has 0 aliphatic carbocycles. The molecule has 0 fully saturated rings. The first kappa shape index (κ1) is 13.4. The van der Waals surface area contributed by atoms with Crippen LogP contribution in [0.25, 0.3) is 0 Å². The van der Waals surface area contributed by atoms with Gasteiger partial charge in [-0.2, -0.15) is 13.2 Å². The van der Waals surface area contributed by atoms with Crippen molar-refractivity contribution in [3.63, 3.8) is 0 Å². The third kappa shape index (κ3) is 2.54. The maximum absolute atomic E-state index is 12.6. The van der Waals surface area contributed by atoms with Crippen LogP contribution >= 0.6 is 22.6 Å². The van der Waals surface area contributed by atoms with E-state index in [1.807, 2.05) is 0 Å². The van der Waals surface area contributed by atoms with Crippen LogP contribution in [0.1, 0.15) is 11.9 Å². The summed E-state index contributed by atoms with van der Waals surface area (Å²) in [5.74, 6) is -0.00167. The van der Waals surface area contributed by atoms with Crippen molar-refractivity contribution in [1.82, 2.24) is 9.55 Å². The van der Waals surface area contributed by atoms with Crippen molar-refractivity contribution < 1.29 is 13.2 Å². The molecule has 0 saturated carbocycles. The second kappa shape index (κ2) is 4.70. The maximum atomic E-state index is 12.6. The highest BCUT2D eigenvalue weighted by atomic mass is 127. The van der Waals surface area contributed by atoms with Crippen molar-refractivity contribution in [2.45, 2.75) is 19.1 Å². The molecule has 1 atom stereocenters. The molecule has 8 heteroatoms. The lowest BCUT2D eigenvalue weighted by atomic mass is 10.2. The first-order valence-electron chi connectivity index (χ1n) is 4.29. The van der Waals surface area contributed by atoms with Gasteiger partial charge in [0.1, 0.15) is 11.9 Å². The minimum atomic E-state index is -4.56. The third-order valence-corrected chi connectivity index (χ3v) is 2.79. The van der Waals surface area contributed by atoms with E-state index in [4.69, 9.17) is 5.73 Å². The van der Waals surface area contributed by atoms with Gasteiger partial charge < -0.3 is 5.73 Å². The average molecular weight is 347 g/mol. The highest BCUT2D eigenvalue weighted by molar-refractivity contribution is 14.1. The summed E-state index contributed by atoms with van der Waals surface area (Å²) in [5, 5.41) is 0. The second-order valence-corrected chi connectivity index (χ2v) is 4.28. The summed E-state index contributed by atoms with van der Waals surface area (Å²) < 4.78 is 38.6. The molecule has 0 aromatic carbocycles. The number of nitrogens with two attached hydrogens (primary N) is 1. The lowest BCUT2D eigenvalue weighted by Crippen LogP contribution is -2.41. The Morgan fingerprint density at radius 1 is 1.62 bits per heavy atom. The van der Waals surface area contributed by atoms with Crippen molar-refractivity contribution in [2.75, 3.05) is 6.54 Å². The largest absolute Gasteiger partial charge is 0.410 e. The fraction of sp³-hybridized carbons (Fsp3) is 0.500. The highest BCUT2D eigenvalue weighted by Gasteiger charge is 2.41. The lowest BCUT2D eigenvalue weighted by Gasteiger charge is -2.22. The topological polar surface area (TPSA) is 60.9 Å². The zero-order valence-corrected chi connectivity index (χ0v) is 10.4. The van der Waals surface area contributed by atoms with E-state index in [1.165, 1.54) is 13.1 Å². The molecule has 1 unspecified atom stereocenters. The smallest absolute Gasteiger partial charge is 0.328 e. The Labute approximate surface area is 103 Å².